The number of nitrogens with one attached hydrogen (secondary N) is 1. The quantitative estimate of drug-likeness (QED) is 0.263. The molecule has 0 saturated heterocycles. The van der Waals surface area contributed by atoms with Crippen molar-refractivity contribution in [3.63, 3.8) is 0 Å². The maximum absolute atomic E-state index is 13.3. The average Bonchev–Trinajstić information content (AvgIpc) is 3.32. The van der Waals surface area contributed by atoms with Crippen LogP contribution in [0.4, 0.5) is 10.6 Å². The lowest BCUT2D eigenvalue weighted by atomic mass is 10.1. The maximum atomic E-state index is 13.3. The van der Waals surface area contributed by atoms with Crippen molar-refractivity contribution < 1.29 is 32.6 Å². The zero-order chi connectivity index (χ0) is 29.8. The molecule has 0 bridgehead atoms. The molecule has 0 radical (unpaired) electrons. The molecule has 3 heterocycles. The molecular weight excluding hydrogens is 568 g/mol. The van der Waals surface area contributed by atoms with Gasteiger partial charge < -0.3 is 14.6 Å². The molecule has 1 aromatic carbocycles. The molecular formula is C28H30N4O7S2. The van der Waals surface area contributed by atoms with Crippen LogP contribution < -0.4 is 14.4 Å². The smallest absolute Gasteiger partial charge is 0.416 e. The van der Waals surface area contributed by atoms with Gasteiger partial charge in [0.25, 0.3) is 0 Å². The van der Waals surface area contributed by atoms with E-state index in [1.54, 1.807) is 40.0 Å². The van der Waals surface area contributed by atoms with Crippen LogP contribution in [0.25, 0.3) is 10.1 Å². The fourth-order valence-electron chi connectivity index (χ4n) is 3.94. The summed E-state index contributed by atoms with van der Waals surface area (Å²) >= 11 is 1.48. The second kappa shape index (κ2) is 12.2. The van der Waals surface area contributed by atoms with Gasteiger partial charge >= 0.3 is 12.1 Å². The number of carbonyl (C=O) groups excluding carboxylic acids is 1. The molecule has 0 spiro atoms. The van der Waals surface area contributed by atoms with Crippen molar-refractivity contribution in [3.05, 3.63) is 77.6 Å². The first-order chi connectivity index (χ1) is 19.3. The highest BCUT2D eigenvalue weighted by atomic mass is 32.2. The van der Waals surface area contributed by atoms with E-state index in [2.05, 4.69) is 14.7 Å². The number of benzene rings is 1. The third-order valence-corrected chi connectivity index (χ3v) is 8.30. The number of hydrogen-bond acceptors (Lipinski definition) is 9. The van der Waals surface area contributed by atoms with Gasteiger partial charge in [0.1, 0.15) is 28.6 Å². The Morgan fingerprint density at radius 3 is 2.56 bits per heavy atom. The van der Waals surface area contributed by atoms with Crippen molar-refractivity contribution in [2.24, 2.45) is 0 Å². The summed E-state index contributed by atoms with van der Waals surface area (Å²) in [5, 5.41) is 10.4. The number of amides is 1. The number of sulfonamides is 1. The first-order valence-electron chi connectivity index (χ1n) is 12.5. The van der Waals surface area contributed by atoms with Crippen LogP contribution in [0, 0.1) is 0 Å². The molecule has 216 valence electrons. The Bertz CT molecular complexity index is 1650. The summed E-state index contributed by atoms with van der Waals surface area (Å²) < 4.78 is 41.1. The SMILES string of the molecule is COc1ccc2cc(CC(NS(=O)(=O)c3cccnc3)c3cccc(N(CC(=O)O)C(=O)OC(C)(C)C)n3)sc2c1. The number of fused-ring (bicyclic) bond motifs is 1. The fourth-order valence-corrected chi connectivity index (χ4v) is 6.25. The van der Waals surface area contributed by atoms with Crippen molar-refractivity contribution in [1.82, 2.24) is 14.7 Å². The molecule has 1 atom stereocenters. The van der Waals surface area contributed by atoms with Gasteiger partial charge in [-0.15, -0.1) is 11.3 Å². The van der Waals surface area contributed by atoms with Crippen molar-refractivity contribution in [1.29, 1.82) is 0 Å². The number of carboxylic acids is 1. The number of carboxylic acid groups (broad SMARTS) is 1. The Morgan fingerprint density at radius 1 is 1.12 bits per heavy atom. The van der Waals surface area contributed by atoms with Gasteiger partial charge in [-0.2, -0.15) is 0 Å². The summed E-state index contributed by atoms with van der Waals surface area (Å²) in [4.78, 5) is 34.7. The predicted octanol–water partition coefficient (Wildman–Crippen LogP) is 4.79. The van der Waals surface area contributed by atoms with E-state index in [1.807, 2.05) is 24.3 Å². The van der Waals surface area contributed by atoms with Gasteiger partial charge in [0.2, 0.25) is 10.0 Å². The Labute approximate surface area is 241 Å². The molecule has 0 aliphatic carbocycles. The highest BCUT2D eigenvalue weighted by Gasteiger charge is 2.28. The molecule has 11 nitrogen and oxygen atoms in total. The number of pyridine rings is 2. The first kappa shape index (κ1) is 29.9. The number of ether oxygens (including phenoxy) is 2. The van der Waals surface area contributed by atoms with Gasteiger partial charge in [-0.25, -0.2) is 22.9 Å². The third-order valence-electron chi connectivity index (χ3n) is 5.72. The Hall–Kier alpha value is -4.07. The summed E-state index contributed by atoms with van der Waals surface area (Å²) in [7, 11) is -2.44. The van der Waals surface area contributed by atoms with Crippen LogP contribution in [-0.4, -0.2) is 54.8 Å². The zero-order valence-electron chi connectivity index (χ0n) is 22.9. The topological polar surface area (TPSA) is 148 Å². The first-order valence-corrected chi connectivity index (χ1v) is 14.8. The van der Waals surface area contributed by atoms with Crippen LogP contribution in [0.15, 0.2) is 71.9 Å². The molecule has 0 fully saturated rings. The molecule has 41 heavy (non-hydrogen) atoms. The third kappa shape index (κ3) is 7.78. The molecule has 3 aromatic heterocycles. The predicted molar refractivity (Wildman–Crippen MR) is 155 cm³/mol. The van der Waals surface area contributed by atoms with Crippen molar-refractivity contribution in [2.75, 3.05) is 18.6 Å². The fraction of sp³-hybridized carbons (Fsp3) is 0.286. The second-order valence-corrected chi connectivity index (χ2v) is 12.9. The van der Waals surface area contributed by atoms with E-state index in [0.717, 1.165) is 19.9 Å². The maximum Gasteiger partial charge on any atom is 0.416 e. The lowest BCUT2D eigenvalue weighted by Crippen LogP contribution is -2.40. The van der Waals surface area contributed by atoms with E-state index in [4.69, 9.17) is 9.47 Å². The lowest BCUT2D eigenvalue weighted by Gasteiger charge is -2.26. The number of anilines is 1. The van der Waals surface area contributed by atoms with Crippen LogP contribution in [0.3, 0.4) is 0 Å². The Morgan fingerprint density at radius 2 is 1.90 bits per heavy atom. The summed E-state index contributed by atoms with van der Waals surface area (Å²) in [6, 6.07) is 14.4. The van der Waals surface area contributed by atoms with E-state index in [9.17, 15) is 23.1 Å². The molecule has 0 aliphatic heterocycles. The monoisotopic (exact) mass is 598 g/mol. The number of hydrogen-bond donors (Lipinski definition) is 2. The minimum atomic E-state index is -4.03. The highest BCUT2D eigenvalue weighted by Crippen LogP contribution is 2.32. The van der Waals surface area contributed by atoms with Gasteiger partial charge in [-0.1, -0.05) is 6.07 Å². The highest BCUT2D eigenvalue weighted by molar-refractivity contribution is 7.89. The van der Waals surface area contributed by atoms with Gasteiger partial charge in [0.05, 0.1) is 18.8 Å². The molecule has 4 rings (SSSR count). The van der Waals surface area contributed by atoms with E-state index in [0.29, 0.717) is 5.75 Å². The van der Waals surface area contributed by atoms with E-state index < -0.39 is 40.3 Å². The molecule has 0 aliphatic rings. The van der Waals surface area contributed by atoms with Crippen LogP contribution in [0.1, 0.15) is 37.4 Å². The minimum Gasteiger partial charge on any atom is -0.497 e. The standard InChI is InChI=1S/C28H30N4O7S2/c1-28(2,3)39-27(35)32(17-26(33)34)25-9-5-8-22(30-25)23(31-41(36,37)21-7-6-12-29-16-21)15-20-13-18-10-11-19(38-4)14-24(18)40-20/h5-14,16,23,31H,15,17H2,1-4H3,(H,33,34). The number of thiophene rings is 1. The number of carbonyl (C=O) groups is 2. The molecule has 1 amide bonds. The van der Waals surface area contributed by atoms with Gasteiger partial charge in [0, 0.05) is 28.4 Å². The zero-order valence-corrected chi connectivity index (χ0v) is 24.5. The van der Waals surface area contributed by atoms with E-state index in [1.165, 1.54) is 41.9 Å². The van der Waals surface area contributed by atoms with Gasteiger partial charge in [-0.3, -0.25) is 14.7 Å². The van der Waals surface area contributed by atoms with E-state index in [-0.39, 0.29) is 22.8 Å². The van der Waals surface area contributed by atoms with Crippen molar-refractivity contribution in [2.45, 2.75) is 43.7 Å². The second-order valence-electron chi connectivity index (χ2n) is 10.1. The molecule has 0 saturated carbocycles. The van der Waals surface area contributed by atoms with E-state index >= 15 is 0 Å². The average molecular weight is 599 g/mol. The number of methoxy groups -OCH3 is 1. The summed E-state index contributed by atoms with van der Waals surface area (Å²) in [6.07, 6.45) is 2.05. The van der Waals surface area contributed by atoms with Crippen LogP contribution in [0.5, 0.6) is 5.75 Å². The number of rotatable bonds is 10. The summed E-state index contributed by atoms with van der Waals surface area (Å²) in [6.45, 7) is 4.29. The van der Waals surface area contributed by atoms with Crippen molar-refractivity contribution in [3.8, 4) is 5.75 Å². The lowest BCUT2D eigenvalue weighted by molar-refractivity contribution is -0.135. The normalized spacial score (nSPS) is 12.6. The summed E-state index contributed by atoms with van der Waals surface area (Å²) in [5.74, 6) is -0.557. The van der Waals surface area contributed by atoms with Crippen LogP contribution in [0.2, 0.25) is 0 Å². The molecule has 4 aromatic rings. The molecule has 13 heteroatoms. The van der Waals surface area contributed by atoms with Crippen LogP contribution >= 0.6 is 11.3 Å². The number of aliphatic carboxylic acids is 1. The van der Waals surface area contributed by atoms with Gasteiger partial charge in [-0.05, 0) is 74.7 Å². The minimum absolute atomic E-state index is 0.00537. The largest absolute Gasteiger partial charge is 0.497 e. The van der Waals surface area contributed by atoms with Crippen molar-refractivity contribution >= 4 is 49.3 Å². The Kier molecular flexibility index (Phi) is 8.90. The van der Waals surface area contributed by atoms with Crippen LogP contribution in [-0.2, 0) is 26.0 Å². The molecule has 1 unspecified atom stereocenters. The Balaban J connectivity index is 1.74. The number of aromatic nitrogens is 2. The molecule has 2 N–H and O–H groups in total. The summed E-state index contributed by atoms with van der Waals surface area (Å²) in [5.41, 5.74) is -0.596. The number of nitrogens with zero attached hydrogens (tertiary/aromatic N) is 3. The van der Waals surface area contributed by atoms with Gasteiger partial charge in [0.15, 0.2) is 0 Å².